The molecular weight excluding hydrogens is 1020 g/mol. The van der Waals surface area contributed by atoms with Crippen LogP contribution in [-0.4, -0.2) is 37.2 Å². The van der Waals surface area contributed by atoms with Crippen molar-refractivity contribution in [2.75, 3.05) is 13.2 Å². The number of carbonyl (C=O) groups excluding carboxylic acids is 3. The maximum atomic E-state index is 12.9. The Balaban J connectivity index is 4.35. The minimum absolute atomic E-state index is 0.0970. The van der Waals surface area contributed by atoms with Crippen molar-refractivity contribution in [2.45, 2.75) is 309 Å². The van der Waals surface area contributed by atoms with Crippen LogP contribution in [0.1, 0.15) is 303 Å². The zero-order valence-corrected chi connectivity index (χ0v) is 53.9. The first kappa shape index (κ1) is 78.3. The van der Waals surface area contributed by atoms with E-state index in [1.54, 1.807) is 0 Å². The summed E-state index contributed by atoms with van der Waals surface area (Å²) in [6, 6.07) is 0. The van der Waals surface area contributed by atoms with E-state index in [9.17, 15) is 14.4 Å². The molecule has 1 atom stereocenters. The first-order valence-corrected chi connectivity index (χ1v) is 34.3. The molecule has 1 unspecified atom stereocenters. The molecule has 0 aromatic heterocycles. The predicted molar refractivity (Wildman–Crippen MR) is 362 cm³/mol. The number of unbranched alkanes of at least 4 members (excludes halogenated alkanes) is 26. The smallest absolute Gasteiger partial charge is 0.306 e. The van der Waals surface area contributed by atoms with Gasteiger partial charge in [-0.2, -0.15) is 0 Å². The van der Waals surface area contributed by atoms with Gasteiger partial charge >= 0.3 is 17.9 Å². The van der Waals surface area contributed by atoms with E-state index in [0.717, 1.165) is 141 Å². The van der Waals surface area contributed by atoms with Gasteiger partial charge in [-0.3, -0.25) is 14.4 Å². The summed E-state index contributed by atoms with van der Waals surface area (Å²) < 4.78 is 16.9. The lowest BCUT2D eigenvalue weighted by Gasteiger charge is -2.18. The van der Waals surface area contributed by atoms with E-state index in [-0.39, 0.29) is 31.1 Å². The van der Waals surface area contributed by atoms with Crippen LogP contribution in [0.4, 0.5) is 0 Å². The minimum atomic E-state index is -0.804. The van der Waals surface area contributed by atoms with Crippen molar-refractivity contribution in [3.05, 3.63) is 146 Å². The van der Waals surface area contributed by atoms with Crippen LogP contribution in [0.2, 0.25) is 0 Å². The van der Waals surface area contributed by atoms with Crippen LogP contribution in [0.25, 0.3) is 0 Å². The Hall–Kier alpha value is -4.71. The zero-order valence-electron chi connectivity index (χ0n) is 53.9. The van der Waals surface area contributed by atoms with Gasteiger partial charge in [-0.25, -0.2) is 0 Å². The third-order valence-corrected chi connectivity index (χ3v) is 14.3. The number of rotatable bonds is 61. The number of hydrogen-bond donors (Lipinski definition) is 0. The normalized spacial score (nSPS) is 13.0. The van der Waals surface area contributed by atoms with Crippen LogP contribution in [0.5, 0.6) is 0 Å². The van der Waals surface area contributed by atoms with Gasteiger partial charge in [-0.05, 0) is 141 Å². The third-order valence-electron chi connectivity index (χ3n) is 14.3. The highest BCUT2D eigenvalue weighted by molar-refractivity contribution is 5.71. The molecule has 6 heteroatoms. The summed E-state index contributed by atoms with van der Waals surface area (Å²) in [6.07, 6.45) is 100. The highest BCUT2D eigenvalue weighted by Crippen LogP contribution is 2.16. The predicted octanol–water partition coefficient (Wildman–Crippen LogP) is 23.9. The molecule has 0 aromatic rings. The molecule has 0 saturated carbocycles. The summed E-state index contributed by atoms with van der Waals surface area (Å²) >= 11 is 0. The Kier molecular flexibility index (Phi) is 65.8. The van der Waals surface area contributed by atoms with Gasteiger partial charge in [0.15, 0.2) is 6.10 Å². The fourth-order valence-electron chi connectivity index (χ4n) is 9.23. The van der Waals surface area contributed by atoms with Crippen molar-refractivity contribution in [3.63, 3.8) is 0 Å². The molecule has 0 heterocycles. The van der Waals surface area contributed by atoms with Crippen LogP contribution in [-0.2, 0) is 28.6 Å². The molecule has 0 aliphatic carbocycles. The molecular formula is C77H126O6. The highest BCUT2D eigenvalue weighted by Gasteiger charge is 2.19. The second kappa shape index (κ2) is 69.8. The van der Waals surface area contributed by atoms with Crippen molar-refractivity contribution in [2.24, 2.45) is 0 Å². The fraction of sp³-hybridized carbons (Fsp3) is 0.649. The molecule has 0 N–H and O–H groups in total. The van der Waals surface area contributed by atoms with Crippen LogP contribution < -0.4 is 0 Å². The van der Waals surface area contributed by atoms with Crippen LogP contribution in [0.3, 0.4) is 0 Å². The lowest BCUT2D eigenvalue weighted by molar-refractivity contribution is -0.167. The molecule has 83 heavy (non-hydrogen) atoms. The van der Waals surface area contributed by atoms with Crippen molar-refractivity contribution >= 4 is 17.9 Å². The summed E-state index contributed by atoms with van der Waals surface area (Å²) in [4.78, 5) is 38.4. The lowest BCUT2D eigenvalue weighted by atomic mass is 10.1. The highest BCUT2D eigenvalue weighted by atomic mass is 16.6. The Bertz CT molecular complexity index is 1800. The summed E-state index contributed by atoms with van der Waals surface area (Å²) in [6.45, 7) is 6.38. The molecule has 0 aliphatic rings. The average Bonchev–Trinajstić information content (AvgIpc) is 3.49. The summed E-state index contributed by atoms with van der Waals surface area (Å²) in [5.41, 5.74) is 0. The molecule has 0 bridgehead atoms. The van der Waals surface area contributed by atoms with E-state index in [1.165, 1.54) is 122 Å². The van der Waals surface area contributed by atoms with E-state index >= 15 is 0 Å². The Labute approximate surface area is 512 Å². The topological polar surface area (TPSA) is 78.9 Å². The minimum Gasteiger partial charge on any atom is -0.462 e. The van der Waals surface area contributed by atoms with Gasteiger partial charge in [-0.15, -0.1) is 0 Å². The average molecular weight is 1150 g/mol. The molecule has 0 rings (SSSR count). The number of allylic oxidation sites excluding steroid dienone is 24. The second-order valence-electron chi connectivity index (χ2n) is 22.3. The molecule has 0 amide bonds. The molecule has 0 radical (unpaired) electrons. The van der Waals surface area contributed by atoms with Crippen LogP contribution >= 0.6 is 0 Å². The number of carbonyl (C=O) groups is 3. The van der Waals surface area contributed by atoms with Gasteiger partial charge in [0.05, 0.1) is 0 Å². The molecule has 0 fully saturated rings. The molecule has 6 nitrogen and oxygen atoms in total. The van der Waals surface area contributed by atoms with Gasteiger partial charge in [0.1, 0.15) is 13.2 Å². The second-order valence-corrected chi connectivity index (χ2v) is 22.3. The number of hydrogen-bond acceptors (Lipinski definition) is 6. The Morgan fingerprint density at radius 3 is 0.747 bits per heavy atom. The van der Waals surface area contributed by atoms with Gasteiger partial charge in [-0.1, -0.05) is 289 Å². The quantitative estimate of drug-likeness (QED) is 0.0261. The lowest BCUT2D eigenvalue weighted by Crippen LogP contribution is -2.30. The first-order chi connectivity index (χ1) is 41.0. The SMILES string of the molecule is CC/C=C\C/C=C\C/C=C\C/C=C\C/C=C\C/C=C\CCCCCCCCCCCCC(=O)OCC(COC(=O)CCCCC/C=C\C/C=C\C/C=C\CC)OC(=O)CCCCCCCCCC/C=C\C/C=C\C/C=C\CCCCCCC. The van der Waals surface area contributed by atoms with E-state index < -0.39 is 6.10 Å². The summed E-state index contributed by atoms with van der Waals surface area (Å²) in [7, 11) is 0. The van der Waals surface area contributed by atoms with E-state index in [1.807, 2.05) is 0 Å². The van der Waals surface area contributed by atoms with Crippen LogP contribution in [0.15, 0.2) is 146 Å². The maximum absolute atomic E-state index is 12.9. The van der Waals surface area contributed by atoms with Gasteiger partial charge in [0.2, 0.25) is 0 Å². The fourth-order valence-corrected chi connectivity index (χ4v) is 9.23. The Morgan fingerprint density at radius 1 is 0.253 bits per heavy atom. The molecule has 0 spiro atoms. The van der Waals surface area contributed by atoms with E-state index in [4.69, 9.17) is 14.2 Å². The molecule has 0 saturated heterocycles. The maximum Gasteiger partial charge on any atom is 0.306 e. The molecule has 0 aliphatic heterocycles. The third kappa shape index (κ3) is 68.0. The number of ether oxygens (including phenoxy) is 3. The van der Waals surface area contributed by atoms with Gasteiger partial charge < -0.3 is 14.2 Å². The largest absolute Gasteiger partial charge is 0.462 e. The first-order valence-electron chi connectivity index (χ1n) is 34.3. The molecule has 0 aromatic carbocycles. The summed E-state index contributed by atoms with van der Waals surface area (Å²) in [5, 5.41) is 0. The number of esters is 3. The zero-order chi connectivity index (χ0) is 59.9. The van der Waals surface area contributed by atoms with E-state index in [0.29, 0.717) is 19.3 Å². The molecule has 470 valence electrons. The van der Waals surface area contributed by atoms with Gasteiger partial charge in [0, 0.05) is 19.3 Å². The van der Waals surface area contributed by atoms with Gasteiger partial charge in [0.25, 0.3) is 0 Å². The Morgan fingerprint density at radius 2 is 0.470 bits per heavy atom. The monoisotopic (exact) mass is 1150 g/mol. The summed E-state index contributed by atoms with van der Waals surface area (Å²) in [5.74, 6) is -0.935. The van der Waals surface area contributed by atoms with Crippen molar-refractivity contribution in [1.82, 2.24) is 0 Å². The van der Waals surface area contributed by atoms with Crippen LogP contribution in [0, 0.1) is 0 Å². The van der Waals surface area contributed by atoms with Crippen molar-refractivity contribution < 1.29 is 28.6 Å². The standard InChI is InChI=1S/C77H126O6/c1-4-7-10-13-16-19-22-25-27-29-31-33-35-36-37-38-39-40-42-43-45-47-49-52-55-58-61-64-67-70-76(79)82-73-74(72-81-75(78)69-66-63-60-57-54-51-24-21-18-15-12-9-6-3)83-77(80)71-68-65-62-59-56-53-50-48-46-44-41-34-32-30-28-26-23-20-17-14-11-8-5-2/h7,9-10,12,16,18-19,21,23,25-27,30-33,36-37,39-41,44,51,54,74H,4-6,8,11,13-15,17,20,22,24,28-29,34-35,38,42-43,45-50,52-53,55-73H2,1-3H3/b10-7-,12-9-,19-16-,21-18-,26-23-,27-25-,32-30-,33-31-,37-36-,40-39-,44-41-,54-51-. The van der Waals surface area contributed by atoms with E-state index in [2.05, 4.69) is 167 Å². The van der Waals surface area contributed by atoms with Crippen molar-refractivity contribution in [1.29, 1.82) is 0 Å². The van der Waals surface area contributed by atoms with Crippen molar-refractivity contribution in [3.8, 4) is 0 Å².